The largest absolute Gasteiger partial charge is 0.418 e. The molecular formula is C14H17F3N4. The van der Waals surface area contributed by atoms with Crippen molar-refractivity contribution >= 4 is 5.69 Å². The zero-order chi connectivity index (χ0) is 15.6. The second kappa shape index (κ2) is 5.77. The third kappa shape index (κ3) is 3.55. The summed E-state index contributed by atoms with van der Waals surface area (Å²) in [6.45, 7) is 0.425. The summed E-state index contributed by atoms with van der Waals surface area (Å²) < 4.78 is 41.2. The monoisotopic (exact) mass is 298 g/mol. The van der Waals surface area contributed by atoms with Gasteiger partial charge in [0.1, 0.15) is 0 Å². The van der Waals surface area contributed by atoms with E-state index in [0.29, 0.717) is 12.1 Å². The molecule has 0 aliphatic rings. The number of rotatable bonds is 4. The normalized spacial score (nSPS) is 11.7. The van der Waals surface area contributed by atoms with Gasteiger partial charge >= 0.3 is 6.18 Å². The Hall–Kier alpha value is -2.02. The maximum absolute atomic E-state index is 13.2. The average Bonchev–Trinajstić information content (AvgIpc) is 2.82. The average molecular weight is 298 g/mol. The summed E-state index contributed by atoms with van der Waals surface area (Å²) in [5, 5.41) is 4.01. The lowest BCUT2D eigenvalue weighted by molar-refractivity contribution is -0.137. The number of halogens is 3. The molecule has 0 radical (unpaired) electrons. The molecule has 0 saturated heterocycles. The van der Waals surface area contributed by atoms with Crippen molar-refractivity contribution in [2.24, 2.45) is 12.8 Å². The van der Waals surface area contributed by atoms with Crippen LogP contribution in [0, 0.1) is 0 Å². The zero-order valence-electron chi connectivity index (χ0n) is 11.9. The predicted molar refractivity (Wildman–Crippen MR) is 74.7 cm³/mol. The fourth-order valence-electron chi connectivity index (χ4n) is 2.18. The summed E-state index contributed by atoms with van der Waals surface area (Å²) in [5.41, 5.74) is 6.18. The molecular weight excluding hydrogens is 281 g/mol. The number of aromatic nitrogens is 2. The molecule has 4 nitrogen and oxygen atoms in total. The van der Waals surface area contributed by atoms with Crippen LogP contribution in [0.25, 0.3) is 0 Å². The Labute approximate surface area is 121 Å². The van der Waals surface area contributed by atoms with Gasteiger partial charge < -0.3 is 10.6 Å². The van der Waals surface area contributed by atoms with Gasteiger partial charge in [-0.2, -0.15) is 18.3 Å². The highest BCUT2D eigenvalue weighted by molar-refractivity contribution is 5.56. The first-order valence-corrected chi connectivity index (χ1v) is 6.40. The molecule has 0 bridgehead atoms. The van der Waals surface area contributed by atoms with Crippen LogP contribution in [0.15, 0.2) is 30.6 Å². The van der Waals surface area contributed by atoms with Crippen LogP contribution in [-0.2, 0) is 26.3 Å². The van der Waals surface area contributed by atoms with Crippen molar-refractivity contribution in [3.8, 4) is 0 Å². The molecule has 2 rings (SSSR count). The molecule has 0 aliphatic carbocycles. The molecule has 1 aromatic carbocycles. The zero-order valence-corrected chi connectivity index (χ0v) is 11.9. The molecule has 0 saturated carbocycles. The van der Waals surface area contributed by atoms with Gasteiger partial charge in [0.2, 0.25) is 0 Å². The molecule has 21 heavy (non-hydrogen) atoms. The fraction of sp³-hybridized carbons (Fsp3) is 0.357. The summed E-state index contributed by atoms with van der Waals surface area (Å²) >= 11 is 0. The van der Waals surface area contributed by atoms with Crippen molar-refractivity contribution in [2.75, 3.05) is 11.9 Å². The van der Waals surface area contributed by atoms with Crippen molar-refractivity contribution in [1.82, 2.24) is 9.78 Å². The third-order valence-corrected chi connectivity index (χ3v) is 3.19. The van der Waals surface area contributed by atoms with Gasteiger partial charge in [-0.1, -0.05) is 6.07 Å². The lowest BCUT2D eigenvalue weighted by atomic mass is 10.1. The van der Waals surface area contributed by atoms with Crippen LogP contribution in [0.4, 0.5) is 18.9 Å². The molecule has 1 aromatic heterocycles. The summed E-state index contributed by atoms with van der Waals surface area (Å²) in [5.74, 6) is 0. The summed E-state index contributed by atoms with van der Waals surface area (Å²) in [4.78, 5) is 1.56. The van der Waals surface area contributed by atoms with Crippen LogP contribution in [0.1, 0.15) is 16.7 Å². The van der Waals surface area contributed by atoms with Gasteiger partial charge in [0.25, 0.3) is 0 Å². The Morgan fingerprint density at radius 1 is 1.29 bits per heavy atom. The van der Waals surface area contributed by atoms with Crippen LogP contribution in [0.5, 0.6) is 0 Å². The van der Waals surface area contributed by atoms with Crippen molar-refractivity contribution in [3.05, 3.63) is 47.3 Å². The molecule has 0 amide bonds. The first-order chi connectivity index (χ1) is 9.81. The standard InChI is InChI=1S/C14H17F3N4/c1-20(8-11-7-19-21(2)9-11)13-4-3-10(6-18)5-12(13)14(15,16)17/h3-5,7,9H,6,8,18H2,1-2H3. The van der Waals surface area contributed by atoms with E-state index in [1.807, 2.05) is 0 Å². The second-order valence-electron chi connectivity index (χ2n) is 4.93. The number of anilines is 1. The first-order valence-electron chi connectivity index (χ1n) is 6.40. The first kappa shape index (κ1) is 15.4. The third-order valence-electron chi connectivity index (χ3n) is 3.19. The maximum Gasteiger partial charge on any atom is 0.418 e. The SMILES string of the molecule is CN(Cc1cnn(C)c1)c1ccc(CN)cc1C(F)(F)F. The topological polar surface area (TPSA) is 47.1 Å². The second-order valence-corrected chi connectivity index (χ2v) is 4.93. The van der Waals surface area contributed by atoms with Crippen LogP contribution in [-0.4, -0.2) is 16.8 Å². The van der Waals surface area contributed by atoms with Crippen molar-refractivity contribution < 1.29 is 13.2 Å². The molecule has 0 atom stereocenters. The van der Waals surface area contributed by atoms with Crippen LogP contribution in [0.3, 0.4) is 0 Å². The number of benzene rings is 1. The van der Waals surface area contributed by atoms with E-state index in [9.17, 15) is 13.2 Å². The van der Waals surface area contributed by atoms with E-state index in [4.69, 9.17) is 5.73 Å². The summed E-state index contributed by atoms with van der Waals surface area (Å²) in [6.07, 6.45) is -1.00. The summed E-state index contributed by atoms with van der Waals surface area (Å²) in [7, 11) is 3.39. The molecule has 0 unspecified atom stereocenters. The maximum atomic E-state index is 13.2. The van der Waals surface area contributed by atoms with Gasteiger partial charge in [-0.15, -0.1) is 0 Å². The number of hydrogen-bond donors (Lipinski definition) is 1. The van der Waals surface area contributed by atoms with E-state index in [0.717, 1.165) is 11.6 Å². The van der Waals surface area contributed by atoms with E-state index in [1.165, 1.54) is 6.07 Å². The molecule has 2 N–H and O–H groups in total. The van der Waals surface area contributed by atoms with Crippen LogP contribution >= 0.6 is 0 Å². The van der Waals surface area contributed by atoms with E-state index in [-0.39, 0.29) is 12.2 Å². The lowest BCUT2D eigenvalue weighted by Gasteiger charge is -2.23. The van der Waals surface area contributed by atoms with E-state index < -0.39 is 11.7 Å². The Morgan fingerprint density at radius 3 is 2.52 bits per heavy atom. The minimum absolute atomic E-state index is 0.0790. The molecule has 2 aromatic rings. The van der Waals surface area contributed by atoms with Gasteiger partial charge in [-0.3, -0.25) is 4.68 Å². The Balaban J connectivity index is 2.33. The minimum atomic E-state index is -4.41. The highest BCUT2D eigenvalue weighted by Gasteiger charge is 2.34. The van der Waals surface area contributed by atoms with Crippen molar-refractivity contribution in [1.29, 1.82) is 0 Å². The van der Waals surface area contributed by atoms with E-state index in [1.54, 1.807) is 42.1 Å². The Bertz CT molecular complexity index is 619. The molecule has 114 valence electrons. The van der Waals surface area contributed by atoms with Crippen LogP contribution < -0.4 is 10.6 Å². The van der Waals surface area contributed by atoms with Crippen molar-refractivity contribution in [3.63, 3.8) is 0 Å². The van der Waals surface area contributed by atoms with E-state index >= 15 is 0 Å². The highest BCUT2D eigenvalue weighted by Crippen LogP contribution is 2.37. The number of aryl methyl sites for hydroxylation is 1. The highest BCUT2D eigenvalue weighted by atomic mass is 19.4. The van der Waals surface area contributed by atoms with E-state index in [2.05, 4.69) is 5.10 Å². The fourth-order valence-corrected chi connectivity index (χ4v) is 2.18. The number of alkyl halides is 3. The van der Waals surface area contributed by atoms with Crippen LogP contribution in [0.2, 0.25) is 0 Å². The van der Waals surface area contributed by atoms with Crippen molar-refractivity contribution in [2.45, 2.75) is 19.3 Å². The summed E-state index contributed by atoms with van der Waals surface area (Å²) in [6, 6.07) is 4.18. The predicted octanol–water partition coefficient (Wildman–Crippen LogP) is 2.53. The quantitative estimate of drug-likeness (QED) is 0.943. The number of nitrogens with two attached hydrogens (primary N) is 1. The Morgan fingerprint density at radius 2 is 2.00 bits per heavy atom. The molecule has 7 heteroatoms. The molecule has 0 aliphatic heterocycles. The van der Waals surface area contributed by atoms with Gasteiger partial charge in [-0.25, -0.2) is 0 Å². The van der Waals surface area contributed by atoms with Gasteiger partial charge in [0, 0.05) is 44.6 Å². The Kier molecular flexibility index (Phi) is 4.22. The number of hydrogen-bond acceptors (Lipinski definition) is 3. The lowest BCUT2D eigenvalue weighted by Crippen LogP contribution is -2.21. The number of nitrogens with zero attached hydrogens (tertiary/aromatic N) is 3. The molecule has 1 heterocycles. The van der Waals surface area contributed by atoms with Gasteiger partial charge in [-0.05, 0) is 17.7 Å². The smallest absolute Gasteiger partial charge is 0.370 e. The van der Waals surface area contributed by atoms with Gasteiger partial charge in [0.15, 0.2) is 0 Å². The molecule has 0 fully saturated rings. The minimum Gasteiger partial charge on any atom is -0.370 e. The molecule has 0 spiro atoms. The van der Waals surface area contributed by atoms with Gasteiger partial charge in [0.05, 0.1) is 11.8 Å².